The van der Waals surface area contributed by atoms with Crippen LogP contribution in [0, 0.1) is 0 Å². The normalized spacial score (nSPS) is 11.6. The number of benzene rings is 1. The molecule has 1 aromatic carbocycles. The summed E-state index contributed by atoms with van der Waals surface area (Å²) >= 11 is 5.95. The molecule has 0 aliphatic carbocycles. The van der Waals surface area contributed by atoms with E-state index in [2.05, 4.69) is 30.2 Å². The molecule has 128 valence electrons. The highest BCUT2D eigenvalue weighted by Crippen LogP contribution is 2.33. The van der Waals surface area contributed by atoms with E-state index in [9.17, 15) is 0 Å². The Kier molecular flexibility index (Phi) is 3.26. The van der Waals surface area contributed by atoms with Crippen molar-refractivity contribution in [2.45, 2.75) is 13.3 Å². The Morgan fingerprint density at radius 1 is 1.19 bits per heavy atom. The molecule has 4 aromatic heterocycles. The Labute approximate surface area is 151 Å². The molecule has 0 radical (unpaired) electrons. The highest BCUT2D eigenvalue weighted by Gasteiger charge is 2.18. The minimum absolute atomic E-state index is 0.403. The fourth-order valence-electron chi connectivity index (χ4n) is 2.98. The van der Waals surface area contributed by atoms with Crippen molar-refractivity contribution in [1.82, 2.24) is 34.8 Å². The van der Waals surface area contributed by atoms with Gasteiger partial charge in [-0.3, -0.25) is 5.10 Å². The van der Waals surface area contributed by atoms with Crippen molar-refractivity contribution in [1.29, 1.82) is 0 Å². The third-order valence-corrected chi connectivity index (χ3v) is 4.43. The lowest BCUT2D eigenvalue weighted by atomic mass is 10.1. The number of aromatic amines is 1. The molecule has 5 aromatic rings. The van der Waals surface area contributed by atoms with Crippen molar-refractivity contribution in [2.75, 3.05) is 0 Å². The van der Waals surface area contributed by atoms with Crippen LogP contribution in [0.3, 0.4) is 0 Å². The summed E-state index contributed by atoms with van der Waals surface area (Å²) in [5.41, 5.74) is 2.40. The fourth-order valence-corrected chi connectivity index (χ4v) is 3.11. The molecule has 0 saturated heterocycles. The number of hydrogen-bond acceptors (Lipinski definition) is 6. The lowest BCUT2D eigenvalue weighted by Gasteiger charge is -2.09. The molecule has 8 nitrogen and oxygen atoms in total. The van der Waals surface area contributed by atoms with Gasteiger partial charge in [-0.25, -0.2) is 4.98 Å². The minimum atomic E-state index is 0.403. The second-order valence-corrected chi connectivity index (χ2v) is 6.15. The number of rotatable bonds is 3. The summed E-state index contributed by atoms with van der Waals surface area (Å²) < 4.78 is 7.68. The van der Waals surface area contributed by atoms with E-state index in [1.165, 1.54) is 6.33 Å². The Morgan fingerprint density at radius 2 is 2.04 bits per heavy atom. The molecule has 0 saturated carbocycles. The van der Waals surface area contributed by atoms with Gasteiger partial charge in [0.25, 0.3) is 5.78 Å². The zero-order chi connectivity index (χ0) is 17.7. The molecule has 0 spiro atoms. The van der Waals surface area contributed by atoms with E-state index in [1.54, 1.807) is 35.0 Å². The van der Waals surface area contributed by atoms with E-state index in [-0.39, 0.29) is 0 Å². The number of hydrogen-bond donors (Lipinski definition) is 1. The number of fused-ring (bicyclic) bond motifs is 5. The summed E-state index contributed by atoms with van der Waals surface area (Å²) in [5.74, 6) is 1.47. The van der Waals surface area contributed by atoms with Gasteiger partial charge in [0, 0.05) is 11.2 Å². The largest absolute Gasteiger partial charge is 0.438 e. The molecule has 0 aliphatic heterocycles. The van der Waals surface area contributed by atoms with E-state index < -0.39 is 0 Å². The highest BCUT2D eigenvalue weighted by molar-refractivity contribution is 6.30. The number of aryl methyl sites for hydroxylation is 1. The first kappa shape index (κ1) is 15.0. The molecular weight excluding hydrogens is 354 g/mol. The highest BCUT2D eigenvalue weighted by atomic mass is 35.5. The first-order valence-electron chi connectivity index (χ1n) is 8.03. The quantitative estimate of drug-likeness (QED) is 0.525. The molecule has 0 atom stereocenters. The van der Waals surface area contributed by atoms with Gasteiger partial charge in [-0.15, -0.1) is 0 Å². The molecule has 0 fully saturated rings. The topological polar surface area (TPSA) is 93.9 Å². The van der Waals surface area contributed by atoms with Crippen molar-refractivity contribution in [3.05, 3.63) is 47.5 Å². The predicted molar refractivity (Wildman–Crippen MR) is 96.6 cm³/mol. The molecule has 26 heavy (non-hydrogen) atoms. The van der Waals surface area contributed by atoms with Crippen LogP contribution in [0.15, 0.2) is 36.8 Å². The smallest absolute Gasteiger partial charge is 0.256 e. The van der Waals surface area contributed by atoms with E-state index in [0.29, 0.717) is 28.1 Å². The van der Waals surface area contributed by atoms with Crippen LogP contribution in [0.5, 0.6) is 11.6 Å². The van der Waals surface area contributed by atoms with Crippen LogP contribution in [-0.4, -0.2) is 34.8 Å². The monoisotopic (exact) mass is 365 g/mol. The molecule has 0 unspecified atom stereocenters. The van der Waals surface area contributed by atoms with Crippen LogP contribution in [0.4, 0.5) is 0 Å². The van der Waals surface area contributed by atoms with Gasteiger partial charge in [-0.05, 0) is 30.7 Å². The average molecular weight is 366 g/mol. The van der Waals surface area contributed by atoms with Crippen molar-refractivity contribution in [3.8, 4) is 11.6 Å². The number of H-pyrrole nitrogens is 1. The Balaban J connectivity index is 1.84. The van der Waals surface area contributed by atoms with Crippen LogP contribution in [-0.2, 0) is 6.42 Å². The van der Waals surface area contributed by atoms with Crippen molar-refractivity contribution < 1.29 is 4.74 Å². The molecule has 5 rings (SSSR count). The second-order valence-electron chi connectivity index (χ2n) is 5.71. The number of halogens is 1. The van der Waals surface area contributed by atoms with Crippen molar-refractivity contribution in [3.63, 3.8) is 0 Å². The van der Waals surface area contributed by atoms with E-state index in [0.717, 1.165) is 28.4 Å². The summed E-state index contributed by atoms with van der Waals surface area (Å²) in [6.07, 6.45) is 3.92. The summed E-state index contributed by atoms with van der Waals surface area (Å²) in [5, 5.41) is 13.9. The second kappa shape index (κ2) is 5.63. The van der Waals surface area contributed by atoms with Crippen LogP contribution < -0.4 is 4.74 Å². The molecule has 1 N–H and O–H groups in total. The lowest BCUT2D eigenvalue weighted by Crippen LogP contribution is -2.00. The minimum Gasteiger partial charge on any atom is -0.438 e. The molecule has 0 bridgehead atoms. The number of nitrogens with one attached hydrogen (secondary N) is 1. The maximum Gasteiger partial charge on any atom is 0.256 e. The number of ether oxygens (including phenoxy) is 1. The Bertz CT molecular complexity index is 1260. The van der Waals surface area contributed by atoms with Crippen LogP contribution >= 0.6 is 11.6 Å². The average Bonchev–Trinajstić information content (AvgIpc) is 3.29. The number of nitrogens with zero attached hydrogens (tertiary/aromatic N) is 6. The molecule has 4 heterocycles. The van der Waals surface area contributed by atoms with Crippen molar-refractivity contribution in [2.24, 2.45) is 0 Å². The maximum atomic E-state index is 6.00. The van der Waals surface area contributed by atoms with Crippen LogP contribution in [0.1, 0.15) is 12.6 Å². The van der Waals surface area contributed by atoms with Crippen molar-refractivity contribution >= 4 is 39.3 Å². The maximum absolute atomic E-state index is 6.00. The first-order chi connectivity index (χ1) is 12.7. The summed E-state index contributed by atoms with van der Waals surface area (Å²) in [6.45, 7) is 2.04. The van der Waals surface area contributed by atoms with Crippen LogP contribution in [0.2, 0.25) is 5.02 Å². The van der Waals surface area contributed by atoms with E-state index in [4.69, 9.17) is 16.3 Å². The van der Waals surface area contributed by atoms with Gasteiger partial charge < -0.3 is 4.74 Å². The molecule has 9 heteroatoms. The summed E-state index contributed by atoms with van der Waals surface area (Å²) in [6, 6.07) is 7.09. The van der Waals surface area contributed by atoms with Gasteiger partial charge in [-0.2, -0.15) is 24.7 Å². The summed E-state index contributed by atoms with van der Waals surface area (Å²) in [7, 11) is 0. The van der Waals surface area contributed by atoms with Gasteiger partial charge in [0.05, 0.1) is 22.0 Å². The Hall–Kier alpha value is -3.26. The standard InChI is InChI=1S/C17H12ClN7O/c1-2-12-13-14-11(7-19-15(13)24-23-12)16(22-17-20-8-21-25(14)17)26-10-5-3-9(18)4-6-10/h3-8H,2H2,1H3,(H,19,23,24). The molecular formula is C17H12ClN7O. The number of aromatic nitrogens is 7. The predicted octanol–water partition coefficient (Wildman–Crippen LogP) is 3.56. The van der Waals surface area contributed by atoms with Gasteiger partial charge in [0.1, 0.15) is 12.1 Å². The van der Waals surface area contributed by atoms with Gasteiger partial charge in [0.15, 0.2) is 5.65 Å². The zero-order valence-corrected chi connectivity index (χ0v) is 14.4. The van der Waals surface area contributed by atoms with Gasteiger partial charge in [0.2, 0.25) is 5.88 Å². The van der Waals surface area contributed by atoms with E-state index in [1.807, 2.05) is 6.92 Å². The number of pyridine rings is 1. The summed E-state index contributed by atoms with van der Waals surface area (Å²) in [4.78, 5) is 13.2. The molecule has 0 aliphatic rings. The first-order valence-corrected chi connectivity index (χ1v) is 8.41. The fraction of sp³-hybridized carbons (Fsp3) is 0.118. The third-order valence-electron chi connectivity index (χ3n) is 4.17. The third kappa shape index (κ3) is 2.19. The van der Waals surface area contributed by atoms with E-state index >= 15 is 0 Å². The zero-order valence-electron chi connectivity index (χ0n) is 13.6. The van der Waals surface area contributed by atoms with Gasteiger partial charge >= 0.3 is 0 Å². The Morgan fingerprint density at radius 3 is 2.85 bits per heavy atom. The lowest BCUT2D eigenvalue weighted by molar-refractivity contribution is 0.469. The van der Waals surface area contributed by atoms with Gasteiger partial charge in [-0.1, -0.05) is 18.5 Å². The SMILES string of the molecule is CCc1n[nH]c2ncc3c(Oc4ccc(Cl)cc4)nc4ncnn4c3c12. The van der Waals surface area contributed by atoms with Crippen LogP contribution in [0.25, 0.3) is 27.7 Å². The molecule has 0 amide bonds.